The van der Waals surface area contributed by atoms with Gasteiger partial charge in [0.2, 0.25) is 0 Å². The summed E-state index contributed by atoms with van der Waals surface area (Å²) in [5.41, 5.74) is 0.968. The number of rotatable bonds is 5. The smallest absolute Gasteiger partial charge is 0.261 e. The number of thiocarbonyl (C=S) groups is 1. The fourth-order valence-corrected chi connectivity index (χ4v) is 3.07. The maximum absolute atomic E-state index is 12.5. The minimum Gasteiger partial charge on any atom is -0.493 e. The molecule has 1 amide bonds. The third kappa shape index (κ3) is 6.15. The first-order valence-corrected chi connectivity index (χ1v) is 9.35. The third-order valence-corrected chi connectivity index (χ3v) is 4.13. The Morgan fingerprint density at radius 2 is 1.88 bits per heavy atom. The molecule has 4 nitrogen and oxygen atoms in total. The summed E-state index contributed by atoms with van der Waals surface area (Å²) < 4.78 is 6.38. The molecule has 132 valence electrons. The number of benzene rings is 2. The number of anilines is 1. The van der Waals surface area contributed by atoms with E-state index in [0.717, 1.165) is 10.9 Å². The highest BCUT2D eigenvalue weighted by molar-refractivity contribution is 9.10. The largest absolute Gasteiger partial charge is 0.493 e. The van der Waals surface area contributed by atoms with E-state index in [0.29, 0.717) is 33.7 Å². The molecular weight excluding hydrogens is 447 g/mol. The Morgan fingerprint density at radius 1 is 1.20 bits per heavy atom. The molecule has 25 heavy (non-hydrogen) atoms. The van der Waals surface area contributed by atoms with Gasteiger partial charge < -0.3 is 10.1 Å². The standard InChI is InChI=1S/C17H15BrCl2N2O2S/c1-2-5-24-15-4-3-10(18)6-14(15)16(23)22-17(25)21-13-8-11(19)7-12(20)9-13/h3-4,6-9H,2,5H2,1H3,(H2,21,22,23,25). The second kappa shape index (κ2) is 9.38. The molecule has 0 aromatic heterocycles. The number of nitrogens with one attached hydrogen (secondary N) is 2. The second-order valence-corrected chi connectivity index (χ2v) is 7.25. The summed E-state index contributed by atoms with van der Waals surface area (Å²) in [6.07, 6.45) is 0.840. The number of hydrogen-bond acceptors (Lipinski definition) is 3. The molecule has 0 atom stereocenters. The Bertz CT molecular complexity index is 782. The monoisotopic (exact) mass is 460 g/mol. The van der Waals surface area contributed by atoms with Crippen molar-refractivity contribution in [3.05, 3.63) is 56.5 Å². The van der Waals surface area contributed by atoms with Crippen LogP contribution in [0.2, 0.25) is 10.0 Å². The van der Waals surface area contributed by atoms with E-state index in [4.69, 9.17) is 40.2 Å². The van der Waals surface area contributed by atoms with E-state index in [1.165, 1.54) is 0 Å². The third-order valence-electron chi connectivity index (χ3n) is 3.00. The van der Waals surface area contributed by atoms with E-state index >= 15 is 0 Å². The number of amides is 1. The molecule has 0 spiro atoms. The molecule has 0 fully saturated rings. The Balaban J connectivity index is 2.10. The van der Waals surface area contributed by atoms with Gasteiger partial charge in [0.15, 0.2) is 5.11 Å². The van der Waals surface area contributed by atoms with Crippen LogP contribution in [0.5, 0.6) is 5.75 Å². The summed E-state index contributed by atoms with van der Waals surface area (Å²) in [6, 6.07) is 10.1. The van der Waals surface area contributed by atoms with Gasteiger partial charge >= 0.3 is 0 Å². The van der Waals surface area contributed by atoms with Crippen molar-refractivity contribution in [2.24, 2.45) is 0 Å². The molecule has 2 aromatic rings. The van der Waals surface area contributed by atoms with E-state index in [-0.39, 0.29) is 11.0 Å². The fraction of sp³-hybridized carbons (Fsp3) is 0.176. The zero-order valence-electron chi connectivity index (χ0n) is 13.2. The van der Waals surface area contributed by atoms with Gasteiger partial charge in [0.25, 0.3) is 5.91 Å². The van der Waals surface area contributed by atoms with Crippen molar-refractivity contribution in [1.82, 2.24) is 5.32 Å². The molecule has 0 heterocycles. The lowest BCUT2D eigenvalue weighted by Gasteiger charge is -2.13. The summed E-state index contributed by atoms with van der Waals surface area (Å²) >= 11 is 20.4. The zero-order chi connectivity index (χ0) is 18.4. The Hall–Kier alpha value is -1.34. The lowest BCUT2D eigenvalue weighted by Crippen LogP contribution is -2.34. The van der Waals surface area contributed by atoms with Crippen LogP contribution in [-0.4, -0.2) is 17.6 Å². The van der Waals surface area contributed by atoms with Gasteiger partial charge in [-0.05, 0) is 55.0 Å². The van der Waals surface area contributed by atoms with Crippen molar-refractivity contribution in [2.75, 3.05) is 11.9 Å². The minimum absolute atomic E-state index is 0.129. The molecule has 0 aliphatic carbocycles. The van der Waals surface area contributed by atoms with E-state index in [1.54, 1.807) is 30.3 Å². The molecule has 0 radical (unpaired) electrons. The van der Waals surface area contributed by atoms with Gasteiger partial charge in [0.1, 0.15) is 5.75 Å². The summed E-state index contributed by atoms with van der Waals surface area (Å²) in [7, 11) is 0. The van der Waals surface area contributed by atoms with Crippen molar-refractivity contribution >= 4 is 68.1 Å². The summed E-state index contributed by atoms with van der Waals surface area (Å²) in [4.78, 5) is 12.5. The van der Waals surface area contributed by atoms with Gasteiger partial charge in [-0.15, -0.1) is 0 Å². The van der Waals surface area contributed by atoms with Crippen molar-refractivity contribution in [2.45, 2.75) is 13.3 Å². The maximum atomic E-state index is 12.5. The molecule has 0 aliphatic rings. The first-order valence-electron chi connectivity index (χ1n) is 7.40. The topological polar surface area (TPSA) is 50.4 Å². The maximum Gasteiger partial charge on any atom is 0.261 e. The summed E-state index contributed by atoms with van der Waals surface area (Å²) in [5, 5.41) is 6.56. The van der Waals surface area contributed by atoms with Crippen LogP contribution in [0.25, 0.3) is 0 Å². The molecule has 0 aliphatic heterocycles. The van der Waals surface area contributed by atoms with Gasteiger partial charge in [0.05, 0.1) is 12.2 Å². The lowest BCUT2D eigenvalue weighted by atomic mass is 10.2. The van der Waals surface area contributed by atoms with Gasteiger partial charge in [-0.25, -0.2) is 0 Å². The molecule has 2 N–H and O–H groups in total. The molecular formula is C17H15BrCl2N2O2S. The lowest BCUT2D eigenvalue weighted by molar-refractivity contribution is 0.0973. The van der Waals surface area contributed by atoms with Crippen LogP contribution in [0.1, 0.15) is 23.7 Å². The summed E-state index contributed by atoms with van der Waals surface area (Å²) in [5.74, 6) is 0.120. The average Bonchev–Trinajstić information content (AvgIpc) is 2.52. The predicted molar refractivity (Wildman–Crippen MR) is 110 cm³/mol. The Labute approximate surface area is 170 Å². The van der Waals surface area contributed by atoms with Crippen molar-refractivity contribution < 1.29 is 9.53 Å². The van der Waals surface area contributed by atoms with Gasteiger partial charge in [0, 0.05) is 20.2 Å². The van der Waals surface area contributed by atoms with Gasteiger partial charge in [-0.1, -0.05) is 46.1 Å². The van der Waals surface area contributed by atoms with Crippen LogP contribution < -0.4 is 15.4 Å². The molecule has 0 unspecified atom stereocenters. The quantitative estimate of drug-likeness (QED) is 0.563. The fourth-order valence-electron chi connectivity index (χ4n) is 1.98. The van der Waals surface area contributed by atoms with Crippen molar-refractivity contribution in [1.29, 1.82) is 0 Å². The van der Waals surface area contributed by atoms with Crippen LogP contribution in [0.15, 0.2) is 40.9 Å². The van der Waals surface area contributed by atoms with Gasteiger partial charge in [-0.2, -0.15) is 0 Å². The molecule has 8 heteroatoms. The molecule has 0 saturated heterocycles. The number of carbonyl (C=O) groups excluding carboxylic acids is 1. The van der Waals surface area contributed by atoms with Crippen molar-refractivity contribution in [3.63, 3.8) is 0 Å². The van der Waals surface area contributed by atoms with E-state index in [9.17, 15) is 4.79 Å². The summed E-state index contributed by atoms with van der Waals surface area (Å²) in [6.45, 7) is 2.51. The van der Waals surface area contributed by atoms with Crippen LogP contribution >= 0.6 is 51.3 Å². The van der Waals surface area contributed by atoms with Crippen LogP contribution in [0.3, 0.4) is 0 Å². The molecule has 0 bridgehead atoms. The van der Waals surface area contributed by atoms with Crippen LogP contribution in [0.4, 0.5) is 5.69 Å². The molecule has 2 aromatic carbocycles. The first kappa shape index (κ1) is 20.0. The van der Waals surface area contributed by atoms with Crippen molar-refractivity contribution in [3.8, 4) is 5.75 Å². The number of hydrogen-bond donors (Lipinski definition) is 2. The van der Waals surface area contributed by atoms with E-state index in [1.807, 2.05) is 13.0 Å². The van der Waals surface area contributed by atoms with Crippen LogP contribution in [-0.2, 0) is 0 Å². The Morgan fingerprint density at radius 3 is 2.52 bits per heavy atom. The number of ether oxygens (including phenoxy) is 1. The Kier molecular flexibility index (Phi) is 7.50. The highest BCUT2D eigenvalue weighted by Gasteiger charge is 2.15. The predicted octanol–water partition coefficient (Wildman–Crippen LogP) is 5.67. The zero-order valence-corrected chi connectivity index (χ0v) is 17.2. The molecule has 0 saturated carbocycles. The number of halogens is 3. The first-order chi connectivity index (χ1) is 11.9. The van der Waals surface area contributed by atoms with E-state index in [2.05, 4.69) is 26.6 Å². The van der Waals surface area contributed by atoms with Crippen LogP contribution in [0, 0.1) is 0 Å². The highest BCUT2D eigenvalue weighted by atomic mass is 79.9. The number of carbonyl (C=O) groups is 1. The average molecular weight is 462 g/mol. The normalized spacial score (nSPS) is 10.2. The molecule has 2 rings (SSSR count). The second-order valence-electron chi connectivity index (χ2n) is 5.06. The SMILES string of the molecule is CCCOc1ccc(Br)cc1C(=O)NC(=S)Nc1cc(Cl)cc(Cl)c1. The van der Waals surface area contributed by atoms with E-state index < -0.39 is 0 Å². The minimum atomic E-state index is -0.377. The highest BCUT2D eigenvalue weighted by Crippen LogP contribution is 2.24. The van der Waals surface area contributed by atoms with Gasteiger partial charge in [-0.3, -0.25) is 10.1 Å².